The molecule has 0 fully saturated rings. The molecule has 0 unspecified atom stereocenters. The van der Waals surface area contributed by atoms with Crippen molar-refractivity contribution in [2.75, 3.05) is 19.7 Å². The molecule has 5 nitrogen and oxygen atoms in total. The topological polar surface area (TPSA) is 58.6 Å². The first kappa shape index (κ1) is 34.5. The molecule has 0 bridgehead atoms. The molecule has 0 radical (unpaired) electrons. The van der Waals surface area contributed by atoms with Gasteiger partial charge in [0.05, 0.1) is 12.6 Å². The van der Waals surface area contributed by atoms with Crippen LogP contribution in [0.2, 0.25) is 0 Å². The van der Waals surface area contributed by atoms with E-state index in [1.165, 1.54) is 64.2 Å². The highest BCUT2D eigenvalue weighted by molar-refractivity contribution is 5.88. The summed E-state index contributed by atoms with van der Waals surface area (Å²) in [5.41, 5.74) is 2.14. The van der Waals surface area contributed by atoms with Gasteiger partial charge >= 0.3 is 5.97 Å². The molecule has 0 saturated carbocycles. The number of carbonyl (C=O) groups excluding carboxylic acids is 2. The Morgan fingerprint density at radius 3 is 1.61 bits per heavy atom. The number of hydrogen-bond acceptors (Lipinski definition) is 4. The number of benzene rings is 2. The molecule has 0 aromatic heterocycles. The molecular formula is C36H56N2O3. The van der Waals surface area contributed by atoms with Crippen LogP contribution >= 0.6 is 0 Å². The molecule has 1 N–H and O–H groups in total. The molecule has 2 aromatic rings. The van der Waals surface area contributed by atoms with E-state index >= 15 is 0 Å². The summed E-state index contributed by atoms with van der Waals surface area (Å²) in [5, 5.41) is 3.13. The van der Waals surface area contributed by atoms with Crippen molar-refractivity contribution in [3.8, 4) is 0 Å². The minimum atomic E-state index is -0.715. The third-order valence-electron chi connectivity index (χ3n) is 7.78. The van der Waals surface area contributed by atoms with Gasteiger partial charge in [0.25, 0.3) is 0 Å². The molecule has 0 aliphatic heterocycles. The van der Waals surface area contributed by atoms with Gasteiger partial charge in [-0.15, -0.1) is 0 Å². The molecular weight excluding hydrogens is 508 g/mol. The van der Waals surface area contributed by atoms with Crippen molar-refractivity contribution in [1.29, 1.82) is 0 Å². The first-order chi connectivity index (χ1) is 20.1. The fraction of sp³-hybridized carbons (Fsp3) is 0.611. The number of ether oxygens (including phenoxy) is 1. The highest BCUT2D eigenvalue weighted by Gasteiger charge is 2.30. The maximum Gasteiger partial charge on any atom is 0.328 e. The van der Waals surface area contributed by atoms with E-state index in [2.05, 4.69) is 36.2 Å². The Morgan fingerprint density at radius 1 is 0.659 bits per heavy atom. The molecule has 0 aliphatic rings. The molecule has 228 valence electrons. The normalized spacial score (nSPS) is 12.7. The molecule has 0 heterocycles. The van der Waals surface area contributed by atoms with E-state index in [0.717, 1.165) is 37.1 Å². The van der Waals surface area contributed by atoms with E-state index in [4.69, 9.17) is 4.74 Å². The van der Waals surface area contributed by atoms with E-state index in [1.54, 1.807) is 6.92 Å². The molecule has 5 heteroatoms. The van der Waals surface area contributed by atoms with Crippen LogP contribution < -0.4 is 5.32 Å². The van der Waals surface area contributed by atoms with E-state index in [0.29, 0.717) is 12.8 Å². The highest BCUT2D eigenvalue weighted by atomic mass is 16.5. The number of hydrogen-bond donors (Lipinski definition) is 1. The second-order valence-electron chi connectivity index (χ2n) is 11.3. The van der Waals surface area contributed by atoms with Crippen LogP contribution in [0.5, 0.6) is 0 Å². The van der Waals surface area contributed by atoms with Gasteiger partial charge in [0.1, 0.15) is 6.04 Å². The standard InChI is InChI=1S/C36H56N2O3/c1-4-7-9-11-13-21-27-38(28-22-14-12-10-8-5-2)34(30-32-25-19-16-20-26-32)35(39)37-33(36(40)41-6-3)29-31-23-17-15-18-24-31/h15-20,23-26,33-34H,4-14,21-22,27-30H2,1-3H3,(H,37,39)/t33-,34-/m0/s1. The largest absolute Gasteiger partial charge is 0.464 e. The Bertz CT molecular complexity index is 918. The van der Waals surface area contributed by atoms with Crippen LogP contribution in [-0.2, 0) is 27.2 Å². The van der Waals surface area contributed by atoms with E-state index < -0.39 is 6.04 Å². The van der Waals surface area contributed by atoms with Crippen molar-refractivity contribution in [1.82, 2.24) is 10.2 Å². The van der Waals surface area contributed by atoms with E-state index in [-0.39, 0.29) is 24.5 Å². The van der Waals surface area contributed by atoms with Crippen molar-refractivity contribution >= 4 is 11.9 Å². The predicted molar refractivity (Wildman–Crippen MR) is 171 cm³/mol. The smallest absolute Gasteiger partial charge is 0.328 e. The molecule has 0 aliphatic carbocycles. The third kappa shape index (κ3) is 14.7. The first-order valence-electron chi connectivity index (χ1n) is 16.4. The molecule has 2 aromatic carbocycles. The van der Waals surface area contributed by atoms with Gasteiger partial charge in [-0.2, -0.15) is 0 Å². The maximum atomic E-state index is 14.1. The quantitative estimate of drug-likeness (QED) is 0.110. The lowest BCUT2D eigenvalue weighted by Crippen LogP contribution is -2.54. The Hall–Kier alpha value is -2.66. The third-order valence-corrected chi connectivity index (χ3v) is 7.78. The SMILES string of the molecule is CCCCCCCCN(CCCCCCCC)[C@@H](Cc1ccccc1)C(=O)N[C@@H](Cc1ccccc1)C(=O)OCC. The number of nitrogens with one attached hydrogen (secondary N) is 1. The summed E-state index contributed by atoms with van der Waals surface area (Å²) >= 11 is 0. The summed E-state index contributed by atoms with van der Waals surface area (Å²) in [6.45, 7) is 8.38. The highest BCUT2D eigenvalue weighted by Crippen LogP contribution is 2.16. The van der Waals surface area contributed by atoms with E-state index in [9.17, 15) is 9.59 Å². The molecule has 2 rings (SSSR count). The average Bonchev–Trinajstić information content (AvgIpc) is 2.99. The van der Waals surface area contributed by atoms with Gasteiger partial charge < -0.3 is 10.1 Å². The minimum absolute atomic E-state index is 0.0835. The summed E-state index contributed by atoms with van der Waals surface area (Å²) in [6.07, 6.45) is 15.7. The second kappa shape index (κ2) is 22.0. The first-order valence-corrected chi connectivity index (χ1v) is 16.4. The molecule has 0 saturated heterocycles. The van der Waals surface area contributed by atoms with Gasteiger partial charge in [0, 0.05) is 6.42 Å². The van der Waals surface area contributed by atoms with Crippen LogP contribution in [0.4, 0.5) is 0 Å². The molecule has 41 heavy (non-hydrogen) atoms. The Labute approximate surface area is 250 Å². The Balaban J connectivity index is 2.22. The number of amides is 1. The summed E-state index contributed by atoms with van der Waals surface area (Å²) in [5.74, 6) is -0.457. The van der Waals surface area contributed by atoms with Crippen molar-refractivity contribution in [3.63, 3.8) is 0 Å². The Morgan fingerprint density at radius 2 is 1.12 bits per heavy atom. The monoisotopic (exact) mass is 564 g/mol. The number of esters is 1. The van der Waals surface area contributed by atoms with Gasteiger partial charge in [-0.3, -0.25) is 9.69 Å². The Kier molecular flexibility index (Phi) is 18.5. The van der Waals surface area contributed by atoms with Crippen LogP contribution in [0.3, 0.4) is 0 Å². The number of carbonyl (C=O) groups is 2. The second-order valence-corrected chi connectivity index (χ2v) is 11.3. The van der Waals surface area contributed by atoms with Gasteiger partial charge in [-0.25, -0.2) is 4.79 Å². The van der Waals surface area contributed by atoms with Crippen LogP contribution in [0.1, 0.15) is 109 Å². The van der Waals surface area contributed by atoms with Crippen molar-refractivity contribution in [2.45, 2.75) is 123 Å². The molecule has 0 spiro atoms. The lowest BCUT2D eigenvalue weighted by molar-refractivity contribution is -0.148. The van der Waals surface area contributed by atoms with Crippen molar-refractivity contribution in [3.05, 3.63) is 71.8 Å². The van der Waals surface area contributed by atoms with E-state index in [1.807, 2.05) is 48.5 Å². The number of rotatable bonds is 23. The maximum absolute atomic E-state index is 14.1. The zero-order valence-corrected chi connectivity index (χ0v) is 26.1. The van der Waals surface area contributed by atoms with Gasteiger partial charge in [-0.1, -0.05) is 139 Å². The average molecular weight is 565 g/mol. The van der Waals surface area contributed by atoms with Gasteiger partial charge in [0.15, 0.2) is 0 Å². The predicted octanol–water partition coefficient (Wildman–Crippen LogP) is 7.91. The molecule has 2 atom stereocenters. The van der Waals surface area contributed by atoms with Crippen LogP contribution in [0.15, 0.2) is 60.7 Å². The summed E-state index contributed by atoms with van der Waals surface area (Å²) in [7, 11) is 0. The van der Waals surface area contributed by atoms with Gasteiger partial charge in [0.2, 0.25) is 5.91 Å². The number of nitrogens with zero attached hydrogens (tertiary/aromatic N) is 1. The summed E-state index contributed by atoms with van der Waals surface area (Å²) < 4.78 is 5.39. The van der Waals surface area contributed by atoms with Crippen LogP contribution in [0, 0.1) is 0 Å². The zero-order valence-electron chi connectivity index (χ0n) is 26.1. The summed E-state index contributed by atoms with van der Waals surface area (Å²) in [6, 6.07) is 19.1. The van der Waals surface area contributed by atoms with Gasteiger partial charge in [-0.05, 0) is 50.4 Å². The van der Waals surface area contributed by atoms with Crippen molar-refractivity contribution < 1.29 is 14.3 Å². The summed E-state index contributed by atoms with van der Waals surface area (Å²) in [4.78, 5) is 29.5. The minimum Gasteiger partial charge on any atom is -0.464 e. The number of unbranched alkanes of at least 4 members (excludes halogenated alkanes) is 10. The fourth-order valence-electron chi connectivity index (χ4n) is 5.39. The van der Waals surface area contributed by atoms with Crippen LogP contribution in [-0.4, -0.2) is 48.6 Å². The lowest BCUT2D eigenvalue weighted by atomic mass is 10.0. The van der Waals surface area contributed by atoms with Crippen molar-refractivity contribution in [2.24, 2.45) is 0 Å². The van der Waals surface area contributed by atoms with Crippen LogP contribution in [0.25, 0.3) is 0 Å². The molecule has 1 amide bonds. The zero-order chi connectivity index (χ0) is 29.5. The lowest BCUT2D eigenvalue weighted by Gasteiger charge is -2.32. The fourth-order valence-corrected chi connectivity index (χ4v) is 5.39.